The number of sulfonamides is 1. The number of aromatic nitrogens is 2. The fourth-order valence-electron chi connectivity index (χ4n) is 1.84. The number of imidazole rings is 1. The van der Waals surface area contributed by atoms with E-state index in [2.05, 4.69) is 9.71 Å². The molecular weight excluding hydrogens is 284 g/mol. The van der Waals surface area contributed by atoms with Gasteiger partial charge in [0, 0.05) is 11.9 Å². The van der Waals surface area contributed by atoms with E-state index in [1.165, 1.54) is 22.2 Å². The van der Waals surface area contributed by atoms with Gasteiger partial charge < -0.3 is 10.3 Å². The molecule has 1 unspecified atom stereocenters. The highest BCUT2D eigenvalue weighted by atomic mass is 32.2. The summed E-state index contributed by atoms with van der Waals surface area (Å²) in [6.45, 7) is 1.93. The standard InChI is InChI=1S/C11H16N4O2S2/c1-3-8(9-5-4-6-18-9)14-19(16,17)11-10(12)13-7-15(11)2/h4-8,14H,3,12H2,1-2H3. The topological polar surface area (TPSA) is 90.0 Å². The summed E-state index contributed by atoms with van der Waals surface area (Å²) in [7, 11) is -2.08. The van der Waals surface area contributed by atoms with Crippen molar-refractivity contribution in [3.05, 3.63) is 28.7 Å². The fraction of sp³-hybridized carbons (Fsp3) is 0.364. The van der Waals surface area contributed by atoms with Crippen LogP contribution in [0.15, 0.2) is 28.9 Å². The van der Waals surface area contributed by atoms with Gasteiger partial charge in [0.15, 0.2) is 10.8 Å². The normalized spacial score (nSPS) is 13.6. The van der Waals surface area contributed by atoms with E-state index in [4.69, 9.17) is 5.73 Å². The van der Waals surface area contributed by atoms with E-state index in [1.807, 2.05) is 24.4 Å². The SMILES string of the molecule is CCC(NS(=O)(=O)c1c(N)ncn1C)c1cccs1. The number of thiophene rings is 1. The molecule has 0 saturated carbocycles. The molecule has 0 aliphatic carbocycles. The van der Waals surface area contributed by atoms with Gasteiger partial charge in [-0.15, -0.1) is 11.3 Å². The Bertz CT molecular complexity index is 627. The van der Waals surface area contributed by atoms with Crippen LogP contribution in [0.4, 0.5) is 5.82 Å². The van der Waals surface area contributed by atoms with Crippen molar-refractivity contribution in [3.63, 3.8) is 0 Å². The average molecular weight is 300 g/mol. The van der Waals surface area contributed by atoms with Gasteiger partial charge in [-0.25, -0.2) is 18.1 Å². The maximum Gasteiger partial charge on any atom is 0.260 e. The highest BCUT2D eigenvalue weighted by molar-refractivity contribution is 7.89. The Kier molecular flexibility index (Phi) is 3.93. The predicted molar refractivity (Wildman–Crippen MR) is 75.3 cm³/mol. The number of nitrogens with zero attached hydrogens (tertiary/aromatic N) is 2. The molecule has 0 saturated heterocycles. The number of nitrogens with one attached hydrogen (secondary N) is 1. The lowest BCUT2D eigenvalue weighted by atomic mass is 10.2. The zero-order valence-electron chi connectivity index (χ0n) is 10.7. The van der Waals surface area contributed by atoms with E-state index < -0.39 is 10.0 Å². The van der Waals surface area contributed by atoms with Crippen LogP contribution in [0.1, 0.15) is 24.3 Å². The van der Waals surface area contributed by atoms with Gasteiger partial charge in [-0.05, 0) is 17.9 Å². The van der Waals surface area contributed by atoms with Crippen molar-refractivity contribution in [2.45, 2.75) is 24.4 Å². The van der Waals surface area contributed by atoms with Crippen LogP contribution in [0.2, 0.25) is 0 Å². The first-order valence-electron chi connectivity index (χ1n) is 5.78. The second kappa shape index (κ2) is 5.32. The van der Waals surface area contributed by atoms with Crippen molar-refractivity contribution >= 4 is 27.2 Å². The Labute approximate surface area is 116 Å². The van der Waals surface area contributed by atoms with Crippen LogP contribution in [0.5, 0.6) is 0 Å². The molecule has 2 aromatic heterocycles. The molecule has 0 spiro atoms. The van der Waals surface area contributed by atoms with Gasteiger partial charge in [0.05, 0.1) is 12.4 Å². The van der Waals surface area contributed by atoms with Crippen molar-refractivity contribution in [2.24, 2.45) is 7.05 Å². The summed E-state index contributed by atoms with van der Waals surface area (Å²) < 4.78 is 28.8. The van der Waals surface area contributed by atoms with Crippen LogP contribution in [0.25, 0.3) is 0 Å². The maximum atomic E-state index is 12.4. The largest absolute Gasteiger partial charge is 0.381 e. The van der Waals surface area contributed by atoms with E-state index in [1.54, 1.807) is 7.05 Å². The minimum atomic E-state index is -3.68. The van der Waals surface area contributed by atoms with E-state index in [0.29, 0.717) is 6.42 Å². The van der Waals surface area contributed by atoms with Crippen molar-refractivity contribution < 1.29 is 8.42 Å². The summed E-state index contributed by atoms with van der Waals surface area (Å²) in [5.74, 6) is 0.0102. The van der Waals surface area contributed by atoms with Gasteiger partial charge in [-0.2, -0.15) is 0 Å². The number of anilines is 1. The van der Waals surface area contributed by atoms with Crippen LogP contribution < -0.4 is 10.5 Å². The van der Waals surface area contributed by atoms with Gasteiger partial charge in [0.2, 0.25) is 0 Å². The van der Waals surface area contributed by atoms with E-state index >= 15 is 0 Å². The predicted octanol–water partition coefficient (Wildman–Crippen LogP) is 1.49. The Morgan fingerprint density at radius 2 is 2.32 bits per heavy atom. The molecule has 0 fully saturated rings. The van der Waals surface area contributed by atoms with Crippen molar-refractivity contribution in [3.8, 4) is 0 Å². The second-order valence-electron chi connectivity index (χ2n) is 4.14. The molecule has 104 valence electrons. The quantitative estimate of drug-likeness (QED) is 0.875. The molecule has 0 aromatic carbocycles. The molecule has 2 aromatic rings. The van der Waals surface area contributed by atoms with Crippen molar-refractivity contribution in [1.82, 2.24) is 14.3 Å². The van der Waals surface area contributed by atoms with Gasteiger partial charge in [0.25, 0.3) is 10.0 Å². The highest BCUT2D eigenvalue weighted by Crippen LogP contribution is 2.25. The van der Waals surface area contributed by atoms with Crippen LogP contribution in [0.3, 0.4) is 0 Å². The number of hydrogen-bond donors (Lipinski definition) is 2. The molecule has 1 atom stereocenters. The van der Waals surface area contributed by atoms with Gasteiger partial charge >= 0.3 is 0 Å². The lowest BCUT2D eigenvalue weighted by molar-refractivity contribution is 0.545. The molecule has 0 aliphatic heterocycles. The van der Waals surface area contributed by atoms with Crippen molar-refractivity contribution in [2.75, 3.05) is 5.73 Å². The summed E-state index contributed by atoms with van der Waals surface area (Å²) >= 11 is 1.52. The number of nitrogens with two attached hydrogens (primary N) is 1. The maximum absolute atomic E-state index is 12.4. The Hall–Kier alpha value is -1.38. The third kappa shape index (κ3) is 2.80. The number of aryl methyl sites for hydroxylation is 1. The molecule has 6 nitrogen and oxygen atoms in total. The fourth-order valence-corrected chi connectivity index (χ4v) is 4.31. The molecule has 2 heterocycles. The molecule has 0 aliphatic rings. The molecule has 19 heavy (non-hydrogen) atoms. The molecule has 3 N–H and O–H groups in total. The van der Waals surface area contributed by atoms with Gasteiger partial charge in [0.1, 0.15) is 0 Å². The molecule has 0 amide bonds. The lowest BCUT2D eigenvalue weighted by Gasteiger charge is -2.16. The van der Waals surface area contributed by atoms with Crippen molar-refractivity contribution in [1.29, 1.82) is 0 Å². The third-order valence-electron chi connectivity index (χ3n) is 2.76. The molecule has 8 heteroatoms. The summed E-state index contributed by atoms with van der Waals surface area (Å²) in [6, 6.07) is 3.56. The first-order chi connectivity index (χ1) is 8.95. The summed E-state index contributed by atoms with van der Waals surface area (Å²) in [4.78, 5) is 4.78. The molecule has 0 radical (unpaired) electrons. The highest BCUT2D eigenvalue weighted by Gasteiger charge is 2.26. The Balaban J connectivity index is 2.31. The van der Waals surface area contributed by atoms with Crippen LogP contribution >= 0.6 is 11.3 Å². The summed E-state index contributed by atoms with van der Waals surface area (Å²) in [5, 5.41) is 1.92. The van der Waals surface area contributed by atoms with E-state index in [0.717, 1.165) is 4.88 Å². The summed E-state index contributed by atoms with van der Waals surface area (Å²) in [6.07, 6.45) is 2.05. The number of nitrogen functional groups attached to an aromatic ring is 1. The minimum absolute atomic E-state index is 0.00232. The number of hydrogen-bond acceptors (Lipinski definition) is 5. The zero-order chi connectivity index (χ0) is 14.0. The van der Waals surface area contributed by atoms with Gasteiger partial charge in [-0.1, -0.05) is 13.0 Å². The zero-order valence-corrected chi connectivity index (χ0v) is 12.3. The van der Waals surface area contributed by atoms with Crippen LogP contribution in [-0.4, -0.2) is 18.0 Å². The van der Waals surface area contributed by atoms with Gasteiger partial charge in [-0.3, -0.25) is 0 Å². The van der Waals surface area contributed by atoms with Crippen LogP contribution in [0, 0.1) is 0 Å². The summed E-state index contributed by atoms with van der Waals surface area (Å²) in [5.41, 5.74) is 5.61. The third-order valence-corrected chi connectivity index (χ3v) is 5.34. The van der Waals surface area contributed by atoms with E-state index in [9.17, 15) is 8.42 Å². The lowest BCUT2D eigenvalue weighted by Crippen LogP contribution is -2.29. The second-order valence-corrected chi connectivity index (χ2v) is 6.75. The molecular formula is C11H16N4O2S2. The van der Waals surface area contributed by atoms with E-state index in [-0.39, 0.29) is 16.9 Å². The monoisotopic (exact) mass is 300 g/mol. The first-order valence-corrected chi connectivity index (χ1v) is 8.14. The molecule has 0 bridgehead atoms. The van der Waals surface area contributed by atoms with Crippen LogP contribution in [-0.2, 0) is 17.1 Å². The Morgan fingerprint density at radius 1 is 1.58 bits per heavy atom. The smallest absolute Gasteiger partial charge is 0.260 e. The average Bonchev–Trinajstić information content (AvgIpc) is 2.96. The Morgan fingerprint density at radius 3 is 2.79 bits per heavy atom. The minimum Gasteiger partial charge on any atom is -0.381 e. The first kappa shape index (κ1) is 14.0. The molecule has 2 rings (SSSR count). The number of rotatable bonds is 5.